The molecule has 0 atom stereocenters. The van der Waals surface area contributed by atoms with E-state index in [1.54, 1.807) is 11.3 Å². The van der Waals surface area contributed by atoms with Crippen LogP contribution in [0.2, 0.25) is 0 Å². The van der Waals surface area contributed by atoms with Crippen LogP contribution in [-0.2, 0) is 13.0 Å². The molecule has 0 radical (unpaired) electrons. The van der Waals surface area contributed by atoms with Gasteiger partial charge in [-0.15, -0.1) is 11.3 Å². The monoisotopic (exact) mass is 252 g/mol. The SMILES string of the molecule is CCCNCc1nc(Cc2csc(C)n2)no1. The van der Waals surface area contributed by atoms with Gasteiger partial charge >= 0.3 is 0 Å². The second-order valence-electron chi connectivity index (χ2n) is 3.82. The Kier molecular flexibility index (Phi) is 4.22. The average molecular weight is 252 g/mol. The molecule has 2 rings (SSSR count). The van der Waals surface area contributed by atoms with Crippen LogP contribution >= 0.6 is 11.3 Å². The number of aryl methyl sites for hydroxylation is 1. The third-order valence-corrected chi connectivity index (χ3v) is 3.04. The molecule has 2 aromatic heterocycles. The highest BCUT2D eigenvalue weighted by atomic mass is 32.1. The van der Waals surface area contributed by atoms with Gasteiger partial charge in [0, 0.05) is 5.38 Å². The molecule has 2 aromatic rings. The first-order chi connectivity index (χ1) is 8.28. The van der Waals surface area contributed by atoms with Crippen LogP contribution < -0.4 is 5.32 Å². The summed E-state index contributed by atoms with van der Waals surface area (Å²) in [5.74, 6) is 1.34. The molecule has 0 saturated carbocycles. The van der Waals surface area contributed by atoms with Crippen LogP contribution in [0.1, 0.15) is 35.8 Å². The molecule has 0 bridgehead atoms. The summed E-state index contributed by atoms with van der Waals surface area (Å²) in [6.07, 6.45) is 1.74. The number of hydrogen-bond donors (Lipinski definition) is 1. The van der Waals surface area contributed by atoms with Crippen LogP contribution in [0.4, 0.5) is 0 Å². The lowest BCUT2D eigenvalue weighted by molar-refractivity contribution is 0.363. The van der Waals surface area contributed by atoms with Crippen molar-refractivity contribution in [3.63, 3.8) is 0 Å². The predicted molar refractivity (Wildman–Crippen MR) is 66.0 cm³/mol. The second-order valence-corrected chi connectivity index (χ2v) is 4.88. The van der Waals surface area contributed by atoms with Crippen molar-refractivity contribution < 1.29 is 4.52 Å². The third-order valence-electron chi connectivity index (χ3n) is 2.22. The van der Waals surface area contributed by atoms with Crippen LogP contribution in [0.3, 0.4) is 0 Å². The van der Waals surface area contributed by atoms with E-state index in [0.29, 0.717) is 24.7 Å². The van der Waals surface area contributed by atoms with E-state index in [1.165, 1.54) is 0 Å². The molecule has 0 spiro atoms. The molecular formula is C11H16N4OS. The lowest BCUT2D eigenvalue weighted by atomic mass is 10.3. The maximum absolute atomic E-state index is 5.14. The van der Waals surface area contributed by atoms with Crippen LogP contribution in [0.5, 0.6) is 0 Å². The van der Waals surface area contributed by atoms with Gasteiger partial charge in [0.2, 0.25) is 5.89 Å². The molecule has 0 aliphatic heterocycles. The number of aromatic nitrogens is 3. The molecule has 6 heteroatoms. The Hall–Kier alpha value is -1.27. The number of nitrogens with one attached hydrogen (secondary N) is 1. The van der Waals surface area contributed by atoms with Gasteiger partial charge in [0.15, 0.2) is 5.82 Å². The van der Waals surface area contributed by atoms with Crippen molar-refractivity contribution in [3.8, 4) is 0 Å². The minimum atomic E-state index is 0.636. The largest absolute Gasteiger partial charge is 0.338 e. The summed E-state index contributed by atoms with van der Waals surface area (Å²) in [5, 5.41) is 10.3. The third kappa shape index (κ3) is 3.61. The maximum Gasteiger partial charge on any atom is 0.240 e. The van der Waals surface area contributed by atoms with E-state index in [9.17, 15) is 0 Å². The number of rotatable bonds is 6. The normalized spacial score (nSPS) is 10.9. The maximum atomic E-state index is 5.14. The fraction of sp³-hybridized carbons (Fsp3) is 0.545. The standard InChI is InChI=1S/C11H16N4OS/c1-3-4-12-6-11-14-10(15-16-11)5-9-7-17-8(2)13-9/h7,12H,3-6H2,1-2H3. The lowest BCUT2D eigenvalue weighted by Crippen LogP contribution is -2.13. The van der Waals surface area contributed by atoms with Crippen LogP contribution in [0.15, 0.2) is 9.90 Å². The van der Waals surface area contributed by atoms with Crippen molar-refractivity contribution in [3.05, 3.63) is 27.8 Å². The molecule has 0 fully saturated rings. The second kappa shape index (κ2) is 5.88. The molecule has 92 valence electrons. The summed E-state index contributed by atoms with van der Waals surface area (Å²) in [6, 6.07) is 0. The molecule has 0 saturated heterocycles. The van der Waals surface area contributed by atoms with Gasteiger partial charge < -0.3 is 9.84 Å². The molecule has 5 nitrogen and oxygen atoms in total. The van der Waals surface area contributed by atoms with Crippen molar-refractivity contribution >= 4 is 11.3 Å². The van der Waals surface area contributed by atoms with Crippen LogP contribution in [0.25, 0.3) is 0 Å². The molecule has 0 aliphatic rings. The summed E-state index contributed by atoms with van der Waals surface area (Å²) in [4.78, 5) is 8.68. The quantitative estimate of drug-likeness (QED) is 0.796. The van der Waals surface area contributed by atoms with E-state index in [1.807, 2.05) is 12.3 Å². The molecule has 1 N–H and O–H groups in total. The highest BCUT2D eigenvalue weighted by Crippen LogP contribution is 2.11. The molecule has 0 aliphatic carbocycles. The Morgan fingerprint density at radius 3 is 3.00 bits per heavy atom. The number of thiazole rings is 1. The molecule has 17 heavy (non-hydrogen) atoms. The summed E-state index contributed by atoms with van der Waals surface area (Å²) in [5.41, 5.74) is 1.00. The minimum Gasteiger partial charge on any atom is -0.338 e. The molecule has 0 aromatic carbocycles. The zero-order valence-corrected chi connectivity index (χ0v) is 10.9. The van der Waals surface area contributed by atoms with Crippen molar-refractivity contribution in [1.82, 2.24) is 20.4 Å². The summed E-state index contributed by atoms with van der Waals surface area (Å²) in [7, 11) is 0. The van der Waals surface area contributed by atoms with E-state index < -0.39 is 0 Å². The van der Waals surface area contributed by atoms with E-state index in [-0.39, 0.29) is 0 Å². The molecule has 0 unspecified atom stereocenters. The van der Waals surface area contributed by atoms with E-state index >= 15 is 0 Å². The van der Waals surface area contributed by atoms with Gasteiger partial charge in [-0.3, -0.25) is 0 Å². The molecular weight excluding hydrogens is 236 g/mol. The summed E-state index contributed by atoms with van der Waals surface area (Å²) in [6.45, 7) is 5.71. The first-order valence-corrected chi connectivity index (χ1v) is 6.59. The zero-order valence-electron chi connectivity index (χ0n) is 10.1. The molecule has 0 amide bonds. The van der Waals surface area contributed by atoms with E-state index in [4.69, 9.17) is 4.52 Å². The molecule has 2 heterocycles. The first kappa shape index (κ1) is 12.2. The Morgan fingerprint density at radius 1 is 1.41 bits per heavy atom. The van der Waals surface area contributed by atoms with Crippen molar-refractivity contribution in [1.29, 1.82) is 0 Å². The van der Waals surface area contributed by atoms with E-state index in [2.05, 4.69) is 27.4 Å². The van der Waals surface area contributed by atoms with Gasteiger partial charge in [0.1, 0.15) is 0 Å². The fourth-order valence-corrected chi connectivity index (χ4v) is 2.07. The Balaban J connectivity index is 1.89. The number of hydrogen-bond acceptors (Lipinski definition) is 6. The van der Waals surface area contributed by atoms with Crippen molar-refractivity contribution in [2.75, 3.05) is 6.54 Å². The smallest absolute Gasteiger partial charge is 0.240 e. The topological polar surface area (TPSA) is 63.8 Å². The predicted octanol–water partition coefficient (Wildman–Crippen LogP) is 1.92. The van der Waals surface area contributed by atoms with Gasteiger partial charge in [0.05, 0.1) is 23.7 Å². The van der Waals surface area contributed by atoms with E-state index in [0.717, 1.165) is 23.7 Å². The minimum absolute atomic E-state index is 0.636. The van der Waals surface area contributed by atoms with Gasteiger partial charge in [-0.05, 0) is 19.9 Å². The van der Waals surface area contributed by atoms with Gasteiger partial charge in [0.25, 0.3) is 0 Å². The summed E-state index contributed by atoms with van der Waals surface area (Å²) >= 11 is 1.64. The van der Waals surface area contributed by atoms with Crippen molar-refractivity contribution in [2.45, 2.75) is 33.2 Å². The number of nitrogens with zero attached hydrogens (tertiary/aromatic N) is 3. The van der Waals surface area contributed by atoms with Gasteiger partial charge in [-0.2, -0.15) is 4.98 Å². The average Bonchev–Trinajstić information content (AvgIpc) is 2.90. The Labute approximate surface area is 104 Å². The van der Waals surface area contributed by atoms with Crippen molar-refractivity contribution in [2.24, 2.45) is 0 Å². The Bertz CT molecular complexity index is 465. The first-order valence-electron chi connectivity index (χ1n) is 5.71. The zero-order chi connectivity index (χ0) is 12.1. The Morgan fingerprint density at radius 2 is 2.29 bits per heavy atom. The van der Waals surface area contributed by atoms with Crippen LogP contribution in [0, 0.1) is 6.92 Å². The van der Waals surface area contributed by atoms with Crippen LogP contribution in [-0.4, -0.2) is 21.7 Å². The summed E-state index contributed by atoms with van der Waals surface area (Å²) < 4.78 is 5.14. The fourth-order valence-electron chi connectivity index (χ4n) is 1.46. The van der Waals surface area contributed by atoms with Gasteiger partial charge in [-0.25, -0.2) is 4.98 Å². The van der Waals surface area contributed by atoms with Gasteiger partial charge in [-0.1, -0.05) is 12.1 Å². The lowest BCUT2D eigenvalue weighted by Gasteiger charge is -1.95. The highest BCUT2D eigenvalue weighted by molar-refractivity contribution is 7.09. The highest BCUT2D eigenvalue weighted by Gasteiger charge is 2.08.